The summed E-state index contributed by atoms with van der Waals surface area (Å²) < 4.78 is 0. The van der Waals surface area contributed by atoms with E-state index in [-0.39, 0.29) is 0 Å². The van der Waals surface area contributed by atoms with Crippen LogP contribution in [-0.2, 0) is 6.54 Å². The summed E-state index contributed by atoms with van der Waals surface area (Å²) in [7, 11) is 2.20. The minimum absolute atomic E-state index is 0.529. The molecule has 1 N–H and O–H groups in total. The summed E-state index contributed by atoms with van der Waals surface area (Å²) in [5.41, 5.74) is 4.18. The number of nitrogens with one attached hydrogen (secondary N) is 1. The quantitative estimate of drug-likeness (QED) is 0.897. The standard InChI is InChI=1S/C16H27N3/c1-13(2)17-12-15-11-14(3)5-6-16(15)19-9-7-18(4)8-10-19/h5-6,11,13,17H,7-10,12H2,1-4H3. The fourth-order valence-corrected chi connectivity index (χ4v) is 2.53. The predicted octanol–water partition coefficient (Wildman–Crippen LogP) is 2.24. The van der Waals surface area contributed by atoms with Crippen molar-refractivity contribution in [3.63, 3.8) is 0 Å². The molecule has 1 aliphatic rings. The number of nitrogens with zero attached hydrogens (tertiary/aromatic N) is 2. The third-order valence-corrected chi connectivity index (χ3v) is 3.78. The SMILES string of the molecule is Cc1ccc(N2CCN(C)CC2)c(CNC(C)C)c1. The first-order chi connectivity index (χ1) is 9.06. The maximum Gasteiger partial charge on any atom is 0.0412 e. The number of aryl methyl sites for hydroxylation is 1. The smallest absolute Gasteiger partial charge is 0.0412 e. The summed E-state index contributed by atoms with van der Waals surface area (Å²) in [5.74, 6) is 0. The van der Waals surface area contributed by atoms with Crippen molar-refractivity contribution in [1.82, 2.24) is 10.2 Å². The molecule has 1 aromatic carbocycles. The van der Waals surface area contributed by atoms with Crippen LogP contribution in [-0.4, -0.2) is 44.2 Å². The molecule has 1 aromatic rings. The van der Waals surface area contributed by atoms with Crippen molar-refractivity contribution in [3.05, 3.63) is 29.3 Å². The van der Waals surface area contributed by atoms with Crippen molar-refractivity contribution in [2.45, 2.75) is 33.4 Å². The van der Waals surface area contributed by atoms with E-state index >= 15 is 0 Å². The molecule has 3 nitrogen and oxygen atoms in total. The number of rotatable bonds is 4. The first-order valence-corrected chi connectivity index (χ1v) is 7.32. The van der Waals surface area contributed by atoms with Crippen LogP contribution in [0.2, 0.25) is 0 Å². The van der Waals surface area contributed by atoms with Gasteiger partial charge in [0.1, 0.15) is 0 Å². The average Bonchev–Trinajstić information content (AvgIpc) is 2.38. The number of benzene rings is 1. The molecule has 2 rings (SSSR count). The van der Waals surface area contributed by atoms with Gasteiger partial charge in [0.25, 0.3) is 0 Å². The number of piperazine rings is 1. The Morgan fingerprint density at radius 2 is 1.84 bits per heavy atom. The van der Waals surface area contributed by atoms with Gasteiger partial charge in [-0.3, -0.25) is 0 Å². The van der Waals surface area contributed by atoms with Crippen LogP contribution in [0.25, 0.3) is 0 Å². The van der Waals surface area contributed by atoms with Gasteiger partial charge in [0.15, 0.2) is 0 Å². The fourth-order valence-electron chi connectivity index (χ4n) is 2.53. The normalized spacial score (nSPS) is 17.2. The molecule has 0 saturated carbocycles. The van der Waals surface area contributed by atoms with Crippen molar-refractivity contribution in [2.24, 2.45) is 0 Å². The molecule has 19 heavy (non-hydrogen) atoms. The Morgan fingerprint density at radius 3 is 2.47 bits per heavy atom. The summed E-state index contributed by atoms with van der Waals surface area (Å²) in [6, 6.07) is 7.37. The second-order valence-electron chi connectivity index (χ2n) is 5.96. The zero-order valence-electron chi connectivity index (χ0n) is 12.7. The number of likely N-dealkylation sites (N-methyl/N-ethyl adjacent to an activating group) is 1. The Hall–Kier alpha value is -1.06. The van der Waals surface area contributed by atoms with E-state index in [4.69, 9.17) is 0 Å². The minimum Gasteiger partial charge on any atom is -0.369 e. The van der Waals surface area contributed by atoms with E-state index < -0.39 is 0 Å². The molecule has 0 aromatic heterocycles. The Morgan fingerprint density at radius 1 is 1.16 bits per heavy atom. The van der Waals surface area contributed by atoms with E-state index in [1.54, 1.807) is 0 Å². The van der Waals surface area contributed by atoms with Gasteiger partial charge in [0.2, 0.25) is 0 Å². The molecule has 1 aliphatic heterocycles. The zero-order valence-corrected chi connectivity index (χ0v) is 12.7. The van der Waals surface area contributed by atoms with Gasteiger partial charge in [-0.15, -0.1) is 0 Å². The van der Waals surface area contributed by atoms with E-state index in [2.05, 4.69) is 61.1 Å². The predicted molar refractivity (Wildman–Crippen MR) is 82.9 cm³/mol. The highest BCUT2D eigenvalue weighted by atomic mass is 15.2. The van der Waals surface area contributed by atoms with E-state index in [1.807, 2.05) is 0 Å². The third-order valence-electron chi connectivity index (χ3n) is 3.78. The summed E-state index contributed by atoms with van der Waals surface area (Å²) in [4.78, 5) is 4.92. The summed E-state index contributed by atoms with van der Waals surface area (Å²) in [5, 5.41) is 3.54. The lowest BCUT2D eigenvalue weighted by molar-refractivity contribution is 0.312. The van der Waals surface area contributed by atoms with Crippen LogP contribution >= 0.6 is 0 Å². The lowest BCUT2D eigenvalue weighted by Crippen LogP contribution is -2.45. The molecular formula is C16H27N3. The summed E-state index contributed by atoms with van der Waals surface area (Å²) >= 11 is 0. The molecule has 0 aliphatic carbocycles. The van der Waals surface area contributed by atoms with Crippen LogP contribution in [0.3, 0.4) is 0 Å². The summed E-state index contributed by atoms with van der Waals surface area (Å²) in [6.07, 6.45) is 0. The highest BCUT2D eigenvalue weighted by Gasteiger charge is 2.16. The second-order valence-corrected chi connectivity index (χ2v) is 5.96. The van der Waals surface area contributed by atoms with Gasteiger partial charge in [-0.25, -0.2) is 0 Å². The molecule has 0 spiro atoms. The lowest BCUT2D eigenvalue weighted by Gasteiger charge is -2.35. The maximum absolute atomic E-state index is 3.54. The Kier molecular flexibility index (Phi) is 4.83. The monoisotopic (exact) mass is 261 g/mol. The lowest BCUT2D eigenvalue weighted by atomic mass is 10.1. The average molecular weight is 261 g/mol. The second kappa shape index (κ2) is 6.40. The Labute approximate surface area is 117 Å². The van der Waals surface area contributed by atoms with Crippen LogP contribution in [0.1, 0.15) is 25.0 Å². The number of hydrogen-bond donors (Lipinski definition) is 1. The van der Waals surface area contributed by atoms with Crippen molar-refractivity contribution >= 4 is 5.69 Å². The molecule has 1 saturated heterocycles. The van der Waals surface area contributed by atoms with Crippen molar-refractivity contribution in [2.75, 3.05) is 38.1 Å². The van der Waals surface area contributed by atoms with Gasteiger partial charge < -0.3 is 15.1 Å². The molecule has 106 valence electrons. The largest absolute Gasteiger partial charge is 0.369 e. The van der Waals surface area contributed by atoms with E-state index in [1.165, 1.54) is 16.8 Å². The zero-order chi connectivity index (χ0) is 13.8. The highest BCUT2D eigenvalue weighted by molar-refractivity contribution is 5.55. The first-order valence-electron chi connectivity index (χ1n) is 7.32. The van der Waals surface area contributed by atoms with Gasteiger partial charge in [0.05, 0.1) is 0 Å². The topological polar surface area (TPSA) is 18.5 Å². The Balaban J connectivity index is 2.14. The Bertz CT molecular complexity index is 406. The molecule has 3 heteroatoms. The van der Waals surface area contributed by atoms with Crippen LogP contribution in [0, 0.1) is 6.92 Å². The molecule has 0 bridgehead atoms. The molecule has 0 atom stereocenters. The first kappa shape index (κ1) is 14.4. The van der Waals surface area contributed by atoms with E-state index in [9.17, 15) is 0 Å². The van der Waals surface area contributed by atoms with Gasteiger partial charge in [-0.1, -0.05) is 31.5 Å². The van der Waals surface area contributed by atoms with Crippen LogP contribution in [0.5, 0.6) is 0 Å². The van der Waals surface area contributed by atoms with Gasteiger partial charge in [0, 0.05) is 44.5 Å². The number of hydrogen-bond acceptors (Lipinski definition) is 3. The molecular weight excluding hydrogens is 234 g/mol. The third kappa shape index (κ3) is 3.95. The molecule has 1 heterocycles. The molecule has 0 radical (unpaired) electrons. The minimum atomic E-state index is 0.529. The number of anilines is 1. The van der Waals surface area contributed by atoms with E-state index in [0.717, 1.165) is 32.7 Å². The van der Waals surface area contributed by atoms with Crippen LogP contribution in [0.4, 0.5) is 5.69 Å². The van der Waals surface area contributed by atoms with Crippen LogP contribution in [0.15, 0.2) is 18.2 Å². The highest BCUT2D eigenvalue weighted by Crippen LogP contribution is 2.23. The van der Waals surface area contributed by atoms with Crippen molar-refractivity contribution in [1.29, 1.82) is 0 Å². The maximum atomic E-state index is 3.54. The van der Waals surface area contributed by atoms with E-state index in [0.29, 0.717) is 6.04 Å². The molecule has 0 unspecified atom stereocenters. The van der Waals surface area contributed by atoms with Crippen molar-refractivity contribution in [3.8, 4) is 0 Å². The fraction of sp³-hybridized carbons (Fsp3) is 0.625. The van der Waals surface area contributed by atoms with Gasteiger partial charge in [-0.2, -0.15) is 0 Å². The van der Waals surface area contributed by atoms with Crippen molar-refractivity contribution < 1.29 is 0 Å². The van der Waals surface area contributed by atoms with Gasteiger partial charge >= 0.3 is 0 Å². The molecule has 1 fully saturated rings. The summed E-state index contributed by atoms with van der Waals surface area (Å²) in [6.45, 7) is 12.1. The molecule has 0 amide bonds. The van der Waals surface area contributed by atoms with Crippen LogP contribution < -0.4 is 10.2 Å². The van der Waals surface area contributed by atoms with Gasteiger partial charge in [-0.05, 0) is 25.6 Å².